The van der Waals surface area contributed by atoms with Gasteiger partial charge in [-0.2, -0.15) is 0 Å². The highest BCUT2D eigenvalue weighted by molar-refractivity contribution is 7.99. The zero-order valence-electron chi connectivity index (χ0n) is 15.1. The number of carbonyl (C=O) groups is 1. The van der Waals surface area contributed by atoms with Crippen LogP contribution in [0.1, 0.15) is 6.42 Å². The summed E-state index contributed by atoms with van der Waals surface area (Å²) in [6.07, 6.45) is 2.46. The quantitative estimate of drug-likeness (QED) is 0.359. The number of benzene rings is 2. The molecule has 28 heavy (non-hydrogen) atoms. The molecule has 142 valence electrons. The van der Waals surface area contributed by atoms with Crippen molar-refractivity contribution in [2.45, 2.75) is 11.6 Å². The highest BCUT2D eigenvalue weighted by Crippen LogP contribution is 2.23. The molecule has 1 N–H and O–H groups in total. The van der Waals surface area contributed by atoms with E-state index in [0.717, 1.165) is 27.8 Å². The Morgan fingerprint density at radius 1 is 1.11 bits per heavy atom. The van der Waals surface area contributed by atoms with Crippen LogP contribution in [0.4, 0.5) is 0 Å². The second-order valence-corrected chi connectivity index (χ2v) is 7.05. The van der Waals surface area contributed by atoms with E-state index in [1.807, 2.05) is 54.6 Å². The summed E-state index contributed by atoms with van der Waals surface area (Å²) in [4.78, 5) is 20.7. The van der Waals surface area contributed by atoms with Crippen LogP contribution in [-0.2, 0) is 4.79 Å². The average molecular weight is 393 g/mol. The summed E-state index contributed by atoms with van der Waals surface area (Å²) in [6.45, 7) is 1.05. The molecule has 4 rings (SSSR count). The topological polar surface area (TPSA) is 77.2 Å². The van der Waals surface area contributed by atoms with E-state index in [0.29, 0.717) is 24.8 Å². The summed E-state index contributed by atoms with van der Waals surface area (Å²) in [7, 11) is 0. The Morgan fingerprint density at radius 3 is 2.93 bits per heavy atom. The third-order valence-corrected chi connectivity index (χ3v) is 4.93. The van der Waals surface area contributed by atoms with Crippen LogP contribution in [0.2, 0.25) is 0 Å². The van der Waals surface area contributed by atoms with Crippen LogP contribution in [-0.4, -0.2) is 34.8 Å². The van der Waals surface area contributed by atoms with Crippen molar-refractivity contribution in [1.29, 1.82) is 0 Å². The maximum atomic E-state index is 12.0. The highest BCUT2D eigenvalue weighted by atomic mass is 32.2. The number of hydrogen-bond donors (Lipinski definition) is 1. The van der Waals surface area contributed by atoms with Gasteiger partial charge in [0.2, 0.25) is 5.91 Å². The first-order valence-electron chi connectivity index (χ1n) is 9.01. The molecule has 7 heteroatoms. The van der Waals surface area contributed by atoms with Gasteiger partial charge in [-0.15, -0.1) is 0 Å². The Bertz CT molecular complexity index is 1060. The molecule has 0 saturated heterocycles. The standard InChI is InChI=1S/C21H19N3O3S/c25-19(14-28-21-24-16-8-1-2-9-17(16)27-21)22-12-5-13-26-18-10-3-6-15-7-4-11-23-20(15)18/h1-4,6-11H,5,12-14H2,(H,22,25). The van der Waals surface area contributed by atoms with Crippen molar-refractivity contribution in [3.8, 4) is 5.75 Å². The second-order valence-electron chi connectivity index (χ2n) is 6.12. The third-order valence-electron chi connectivity index (χ3n) is 4.10. The lowest BCUT2D eigenvalue weighted by Gasteiger charge is -2.09. The van der Waals surface area contributed by atoms with Gasteiger partial charge in [0.25, 0.3) is 5.22 Å². The Kier molecular flexibility index (Phi) is 5.72. The van der Waals surface area contributed by atoms with Gasteiger partial charge in [0.1, 0.15) is 16.8 Å². The van der Waals surface area contributed by atoms with E-state index >= 15 is 0 Å². The maximum absolute atomic E-state index is 12.0. The maximum Gasteiger partial charge on any atom is 0.257 e. The van der Waals surface area contributed by atoms with Crippen molar-refractivity contribution < 1.29 is 13.9 Å². The number of pyridine rings is 1. The van der Waals surface area contributed by atoms with E-state index in [-0.39, 0.29) is 11.7 Å². The number of oxazole rings is 1. The van der Waals surface area contributed by atoms with Crippen molar-refractivity contribution in [3.05, 3.63) is 60.8 Å². The van der Waals surface area contributed by atoms with Gasteiger partial charge in [-0.05, 0) is 30.7 Å². The number of fused-ring (bicyclic) bond motifs is 2. The summed E-state index contributed by atoms with van der Waals surface area (Å²) < 4.78 is 11.4. The minimum absolute atomic E-state index is 0.0564. The van der Waals surface area contributed by atoms with Crippen LogP contribution >= 0.6 is 11.8 Å². The molecular weight excluding hydrogens is 374 g/mol. The first-order valence-corrected chi connectivity index (χ1v) is 10.00. The zero-order chi connectivity index (χ0) is 19.2. The van der Waals surface area contributed by atoms with Crippen molar-refractivity contribution in [2.24, 2.45) is 0 Å². The smallest absolute Gasteiger partial charge is 0.257 e. The second kappa shape index (κ2) is 8.75. The highest BCUT2D eigenvalue weighted by Gasteiger charge is 2.09. The minimum atomic E-state index is -0.0564. The number of nitrogens with one attached hydrogen (secondary N) is 1. The predicted octanol–water partition coefficient (Wildman–Crippen LogP) is 4.05. The van der Waals surface area contributed by atoms with E-state index < -0.39 is 0 Å². The van der Waals surface area contributed by atoms with Gasteiger partial charge >= 0.3 is 0 Å². The van der Waals surface area contributed by atoms with Gasteiger partial charge in [-0.25, -0.2) is 4.98 Å². The molecule has 0 atom stereocenters. The monoisotopic (exact) mass is 393 g/mol. The van der Waals surface area contributed by atoms with Crippen LogP contribution < -0.4 is 10.1 Å². The fraction of sp³-hybridized carbons (Fsp3) is 0.190. The molecule has 2 aromatic heterocycles. The summed E-state index contributed by atoms with van der Waals surface area (Å²) in [6, 6.07) is 17.3. The molecule has 0 fully saturated rings. The number of thioether (sulfide) groups is 1. The molecule has 1 amide bonds. The molecule has 4 aromatic rings. The fourth-order valence-electron chi connectivity index (χ4n) is 2.77. The number of rotatable bonds is 8. The lowest BCUT2D eigenvalue weighted by atomic mass is 10.2. The lowest BCUT2D eigenvalue weighted by molar-refractivity contribution is -0.118. The van der Waals surface area contributed by atoms with Crippen LogP contribution in [0, 0.1) is 0 Å². The van der Waals surface area contributed by atoms with Crippen molar-refractivity contribution in [1.82, 2.24) is 15.3 Å². The first-order chi connectivity index (χ1) is 13.8. The number of hydrogen-bond acceptors (Lipinski definition) is 6. The van der Waals surface area contributed by atoms with E-state index in [1.54, 1.807) is 6.20 Å². The van der Waals surface area contributed by atoms with E-state index in [4.69, 9.17) is 9.15 Å². The third kappa shape index (κ3) is 4.43. The molecule has 0 unspecified atom stereocenters. The molecule has 0 aliphatic rings. The van der Waals surface area contributed by atoms with Crippen molar-refractivity contribution in [3.63, 3.8) is 0 Å². The number of carbonyl (C=O) groups excluding carboxylic acids is 1. The first kappa shape index (κ1) is 18.3. The van der Waals surface area contributed by atoms with Gasteiger partial charge in [0.05, 0.1) is 12.4 Å². The molecule has 6 nitrogen and oxygen atoms in total. The van der Waals surface area contributed by atoms with Crippen LogP contribution in [0.25, 0.3) is 22.0 Å². The largest absolute Gasteiger partial charge is 0.491 e. The lowest BCUT2D eigenvalue weighted by Crippen LogP contribution is -2.27. The van der Waals surface area contributed by atoms with E-state index in [9.17, 15) is 4.79 Å². The molecule has 2 aromatic carbocycles. The predicted molar refractivity (Wildman–Crippen MR) is 110 cm³/mol. The number of nitrogens with zero attached hydrogens (tertiary/aromatic N) is 2. The molecule has 0 aliphatic heterocycles. The molecule has 0 aliphatic carbocycles. The Labute approximate surface area is 166 Å². The van der Waals surface area contributed by atoms with E-state index in [2.05, 4.69) is 15.3 Å². The fourth-order valence-corrected chi connectivity index (χ4v) is 3.43. The van der Waals surface area contributed by atoms with Crippen molar-refractivity contribution >= 4 is 39.7 Å². The number of para-hydroxylation sites is 3. The minimum Gasteiger partial charge on any atom is -0.491 e. The molecular formula is C21H19N3O3S. The van der Waals surface area contributed by atoms with E-state index in [1.165, 1.54) is 11.8 Å². The molecule has 0 saturated carbocycles. The van der Waals surface area contributed by atoms with Gasteiger partial charge < -0.3 is 14.5 Å². The van der Waals surface area contributed by atoms with Gasteiger partial charge in [0, 0.05) is 18.1 Å². The normalized spacial score (nSPS) is 11.0. The van der Waals surface area contributed by atoms with Crippen molar-refractivity contribution in [2.75, 3.05) is 18.9 Å². The summed E-state index contributed by atoms with van der Waals surface area (Å²) in [5.74, 6) is 0.969. The molecule has 0 spiro atoms. The number of aromatic nitrogens is 2. The summed E-state index contributed by atoms with van der Waals surface area (Å²) in [5, 5.41) is 4.43. The number of amides is 1. The summed E-state index contributed by atoms with van der Waals surface area (Å²) in [5.41, 5.74) is 2.37. The van der Waals surface area contributed by atoms with Crippen LogP contribution in [0.15, 0.2) is 70.4 Å². The van der Waals surface area contributed by atoms with Crippen LogP contribution in [0.3, 0.4) is 0 Å². The number of ether oxygens (including phenoxy) is 1. The van der Waals surface area contributed by atoms with Gasteiger partial charge in [-0.1, -0.05) is 42.1 Å². The van der Waals surface area contributed by atoms with Gasteiger partial charge in [0.15, 0.2) is 5.58 Å². The Balaban J connectivity index is 1.18. The zero-order valence-corrected chi connectivity index (χ0v) is 15.9. The average Bonchev–Trinajstić information content (AvgIpc) is 3.15. The molecule has 0 radical (unpaired) electrons. The van der Waals surface area contributed by atoms with Gasteiger partial charge in [-0.3, -0.25) is 9.78 Å². The Morgan fingerprint density at radius 2 is 2.00 bits per heavy atom. The Hall–Kier alpha value is -3.06. The molecule has 2 heterocycles. The molecule has 0 bridgehead atoms. The summed E-state index contributed by atoms with van der Waals surface area (Å²) >= 11 is 1.29. The van der Waals surface area contributed by atoms with Crippen LogP contribution in [0.5, 0.6) is 5.75 Å². The SMILES string of the molecule is O=C(CSc1nc2ccccc2o1)NCCCOc1cccc2cccnc12.